The lowest BCUT2D eigenvalue weighted by molar-refractivity contribution is -0.133. The van der Waals surface area contributed by atoms with Gasteiger partial charge in [-0.05, 0) is 37.8 Å². The van der Waals surface area contributed by atoms with Gasteiger partial charge < -0.3 is 10.2 Å². The monoisotopic (exact) mass is 368 g/mol. The first-order valence-electron chi connectivity index (χ1n) is 8.75. The largest absolute Gasteiger partial charge is 0.343 e. The number of rotatable bonds is 5. The Labute approximate surface area is 154 Å². The van der Waals surface area contributed by atoms with Crippen LogP contribution in [-0.2, 0) is 4.79 Å². The molecule has 1 aromatic carbocycles. The molecule has 6 heteroatoms. The lowest BCUT2D eigenvalue weighted by atomic mass is 9.94. The van der Waals surface area contributed by atoms with E-state index < -0.39 is 11.7 Å². The van der Waals surface area contributed by atoms with E-state index in [0.29, 0.717) is 17.6 Å². The molecule has 2 saturated heterocycles. The molecular formula is C19H26ClFN2O2. The summed E-state index contributed by atoms with van der Waals surface area (Å²) in [4.78, 5) is 26.8. The third-order valence-electron chi connectivity index (χ3n) is 5.43. The number of fused-ring (bicyclic) bond motifs is 2. The maximum atomic E-state index is 13.3. The molecule has 3 atom stereocenters. The van der Waals surface area contributed by atoms with Gasteiger partial charge in [0.2, 0.25) is 5.91 Å². The Morgan fingerprint density at radius 1 is 1.28 bits per heavy atom. The molecule has 0 saturated carbocycles. The minimum absolute atomic E-state index is 0. The second-order valence-corrected chi connectivity index (χ2v) is 7.25. The van der Waals surface area contributed by atoms with Crippen LogP contribution in [0, 0.1) is 11.7 Å². The molecule has 0 spiro atoms. The van der Waals surface area contributed by atoms with Crippen molar-refractivity contribution < 1.29 is 14.0 Å². The predicted molar refractivity (Wildman–Crippen MR) is 97.5 cm³/mol. The van der Waals surface area contributed by atoms with E-state index in [1.807, 2.05) is 11.9 Å². The van der Waals surface area contributed by atoms with E-state index in [0.717, 1.165) is 12.8 Å². The molecule has 0 aliphatic carbocycles. The molecule has 2 fully saturated rings. The van der Waals surface area contributed by atoms with Crippen LogP contribution in [0.1, 0.15) is 49.4 Å². The number of piperidine rings is 1. The lowest BCUT2D eigenvalue weighted by Gasteiger charge is -2.36. The number of hydrogen-bond donors (Lipinski definition) is 1. The van der Waals surface area contributed by atoms with Gasteiger partial charge in [0.1, 0.15) is 5.82 Å². The highest BCUT2D eigenvalue weighted by molar-refractivity contribution is 5.99. The summed E-state index contributed by atoms with van der Waals surface area (Å²) in [6, 6.07) is 6.97. The first-order valence-corrected chi connectivity index (χ1v) is 8.75. The van der Waals surface area contributed by atoms with Gasteiger partial charge in [0, 0.05) is 43.1 Å². The van der Waals surface area contributed by atoms with E-state index in [9.17, 15) is 14.0 Å². The standard InChI is InChI=1S/C19H25FN2O2.ClH/c1-12(19(24)13-4-3-5-14(20)9-13)8-18(23)22(2)17-10-15-6-7-16(11-17)21-15;/h3-5,9,12,15-17,21H,6-8,10-11H2,1-2H3;1H. The Kier molecular flexibility index (Phi) is 6.58. The second-order valence-electron chi connectivity index (χ2n) is 7.25. The summed E-state index contributed by atoms with van der Waals surface area (Å²) < 4.78 is 13.3. The SMILES string of the molecule is CC(CC(=O)N(C)C1CC2CCC(C1)N2)C(=O)c1cccc(F)c1.Cl. The van der Waals surface area contributed by atoms with Crippen LogP contribution in [0.5, 0.6) is 0 Å². The van der Waals surface area contributed by atoms with Crippen LogP contribution in [-0.4, -0.2) is 41.8 Å². The zero-order valence-electron chi connectivity index (χ0n) is 14.7. The van der Waals surface area contributed by atoms with E-state index in [4.69, 9.17) is 0 Å². The van der Waals surface area contributed by atoms with Gasteiger partial charge in [0.25, 0.3) is 0 Å². The van der Waals surface area contributed by atoms with E-state index >= 15 is 0 Å². The third-order valence-corrected chi connectivity index (χ3v) is 5.43. The van der Waals surface area contributed by atoms with Gasteiger partial charge in [-0.1, -0.05) is 19.1 Å². The van der Waals surface area contributed by atoms with Crippen LogP contribution in [0.4, 0.5) is 4.39 Å². The van der Waals surface area contributed by atoms with Crippen molar-refractivity contribution in [2.45, 2.75) is 57.2 Å². The Morgan fingerprint density at radius 2 is 1.92 bits per heavy atom. The predicted octanol–water partition coefficient (Wildman–Crippen LogP) is 3.20. The molecule has 2 heterocycles. The summed E-state index contributed by atoms with van der Waals surface area (Å²) >= 11 is 0. The number of Topliss-reactive ketones (excluding diaryl/α,β-unsaturated/α-hetero) is 1. The summed E-state index contributed by atoms with van der Waals surface area (Å²) in [6.07, 6.45) is 4.54. The van der Waals surface area contributed by atoms with Crippen molar-refractivity contribution in [2.75, 3.05) is 7.05 Å². The van der Waals surface area contributed by atoms with Gasteiger partial charge in [-0.3, -0.25) is 9.59 Å². The number of nitrogens with one attached hydrogen (secondary N) is 1. The molecule has 4 nitrogen and oxygen atoms in total. The molecule has 0 radical (unpaired) electrons. The number of nitrogens with zero attached hydrogens (tertiary/aromatic N) is 1. The third kappa shape index (κ3) is 4.59. The summed E-state index contributed by atoms with van der Waals surface area (Å²) in [7, 11) is 1.84. The Bertz CT molecular complexity index is 628. The van der Waals surface area contributed by atoms with Gasteiger partial charge >= 0.3 is 0 Å². The van der Waals surface area contributed by atoms with Crippen molar-refractivity contribution in [3.05, 3.63) is 35.6 Å². The van der Waals surface area contributed by atoms with Gasteiger partial charge in [-0.15, -0.1) is 12.4 Å². The summed E-state index contributed by atoms with van der Waals surface area (Å²) in [5, 5.41) is 3.57. The average molecular weight is 369 g/mol. The maximum Gasteiger partial charge on any atom is 0.223 e. The lowest BCUT2D eigenvalue weighted by Crippen LogP contribution is -2.49. The molecule has 2 aliphatic heterocycles. The van der Waals surface area contributed by atoms with Crippen LogP contribution in [0.3, 0.4) is 0 Å². The number of benzene rings is 1. The normalized spacial score (nSPS) is 25.8. The molecule has 1 N–H and O–H groups in total. The summed E-state index contributed by atoms with van der Waals surface area (Å²) in [6.45, 7) is 1.74. The first kappa shape index (κ1) is 19.9. The average Bonchev–Trinajstić information content (AvgIpc) is 2.91. The van der Waals surface area contributed by atoms with Crippen LogP contribution in [0.2, 0.25) is 0 Å². The van der Waals surface area contributed by atoms with Crippen molar-refractivity contribution in [2.24, 2.45) is 5.92 Å². The highest BCUT2D eigenvalue weighted by Crippen LogP contribution is 2.29. The van der Waals surface area contributed by atoms with Crippen molar-refractivity contribution in [3.63, 3.8) is 0 Å². The van der Waals surface area contributed by atoms with Crippen molar-refractivity contribution in [1.29, 1.82) is 0 Å². The molecule has 138 valence electrons. The molecule has 25 heavy (non-hydrogen) atoms. The quantitative estimate of drug-likeness (QED) is 0.812. The van der Waals surface area contributed by atoms with E-state index in [-0.39, 0.29) is 36.6 Å². The van der Waals surface area contributed by atoms with Crippen molar-refractivity contribution >= 4 is 24.1 Å². The fourth-order valence-corrected chi connectivity index (χ4v) is 3.97. The second kappa shape index (κ2) is 8.28. The molecule has 3 rings (SSSR count). The molecular weight excluding hydrogens is 343 g/mol. The van der Waals surface area contributed by atoms with Crippen LogP contribution in [0.15, 0.2) is 24.3 Å². The van der Waals surface area contributed by atoms with Gasteiger partial charge in [0.15, 0.2) is 5.78 Å². The van der Waals surface area contributed by atoms with Crippen LogP contribution >= 0.6 is 12.4 Å². The number of carbonyl (C=O) groups excluding carboxylic acids is 2. The van der Waals surface area contributed by atoms with Crippen LogP contribution in [0.25, 0.3) is 0 Å². The molecule has 3 unspecified atom stereocenters. The Balaban J connectivity index is 0.00000225. The minimum Gasteiger partial charge on any atom is -0.343 e. The van der Waals surface area contributed by atoms with Crippen molar-refractivity contribution in [3.8, 4) is 0 Å². The van der Waals surface area contributed by atoms with Gasteiger partial charge in [0.05, 0.1) is 0 Å². The van der Waals surface area contributed by atoms with Gasteiger partial charge in [-0.2, -0.15) is 0 Å². The zero-order chi connectivity index (χ0) is 17.3. The fraction of sp³-hybridized carbons (Fsp3) is 0.579. The highest BCUT2D eigenvalue weighted by Gasteiger charge is 2.36. The smallest absolute Gasteiger partial charge is 0.223 e. The zero-order valence-corrected chi connectivity index (χ0v) is 15.5. The number of hydrogen-bond acceptors (Lipinski definition) is 3. The molecule has 2 bridgehead atoms. The summed E-state index contributed by atoms with van der Waals surface area (Å²) in [5.41, 5.74) is 0.331. The molecule has 0 aromatic heterocycles. The van der Waals surface area contributed by atoms with Crippen molar-refractivity contribution in [1.82, 2.24) is 10.2 Å². The topological polar surface area (TPSA) is 49.4 Å². The number of amides is 1. The van der Waals surface area contributed by atoms with E-state index in [1.54, 1.807) is 13.0 Å². The number of halogens is 2. The highest BCUT2D eigenvalue weighted by atomic mass is 35.5. The van der Waals surface area contributed by atoms with E-state index in [2.05, 4.69) is 5.32 Å². The molecule has 2 aliphatic rings. The maximum absolute atomic E-state index is 13.3. The van der Waals surface area contributed by atoms with E-state index in [1.165, 1.54) is 31.0 Å². The first-order chi connectivity index (χ1) is 11.4. The fourth-order valence-electron chi connectivity index (χ4n) is 3.97. The van der Waals surface area contributed by atoms with Crippen LogP contribution < -0.4 is 5.32 Å². The van der Waals surface area contributed by atoms with Gasteiger partial charge in [-0.25, -0.2) is 4.39 Å². The molecule has 1 aromatic rings. The summed E-state index contributed by atoms with van der Waals surface area (Å²) in [5.74, 6) is -1.05. The Hall–Kier alpha value is -1.46. The Morgan fingerprint density at radius 3 is 2.52 bits per heavy atom. The molecule has 1 amide bonds. The number of carbonyl (C=O) groups is 2. The minimum atomic E-state index is -0.444. The number of ketones is 1.